The Balaban J connectivity index is 1.60. The number of benzene rings is 3. The van der Waals surface area contributed by atoms with Gasteiger partial charge in [-0.15, -0.1) is 0 Å². The molecule has 3 nitrogen and oxygen atoms in total. The lowest BCUT2D eigenvalue weighted by Crippen LogP contribution is -2.35. The number of hydrogen-bond donors (Lipinski definition) is 2. The van der Waals surface area contributed by atoms with Crippen molar-refractivity contribution < 1.29 is 9.90 Å². The van der Waals surface area contributed by atoms with Crippen molar-refractivity contribution in [1.29, 1.82) is 0 Å². The van der Waals surface area contributed by atoms with Crippen LogP contribution >= 0.6 is 11.6 Å². The minimum absolute atomic E-state index is 0.0801. The Morgan fingerprint density at radius 1 is 0.889 bits per heavy atom. The molecule has 0 aliphatic heterocycles. The molecular weight excluding hydrogens is 358 g/mol. The predicted molar refractivity (Wildman–Crippen MR) is 107 cm³/mol. The van der Waals surface area contributed by atoms with E-state index in [1.165, 1.54) is 0 Å². The van der Waals surface area contributed by atoms with Gasteiger partial charge < -0.3 is 10.4 Å². The number of halogens is 1. The molecule has 3 atom stereocenters. The molecule has 0 heterocycles. The summed E-state index contributed by atoms with van der Waals surface area (Å²) in [6, 6.07) is 24.3. The van der Waals surface area contributed by atoms with E-state index in [1.54, 1.807) is 12.1 Å². The first-order valence-electron chi connectivity index (χ1n) is 9.01. The highest BCUT2D eigenvalue weighted by Crippen LogP contribution is 2.42. The number of fused-ring (bicyclic) bond motifs is 1. The van der Waals surface area contributed by atoms with Crippen molar-refractivity contribution in [3.63, 3.8) is 0 Å². The smallest absolute Gasteiger partial charge is 0.251 e. The second-order valence-electron chi connectivity index (χ2n) is 6.87. The Hall–Kier alpha value is -2.62. The van der Waals surface area contributed by atoms with Crippen LogP contribution in [0.4, 0.5) is 0 Å². The van der Waals surface area contributed by atoms with Crippen LogP contribution in [0.25, 0.3) is 0 Å². The summed E-state index contributed by atoms with van der Waals surface area (Å²) >= 11 is 5.98. The van der Waals surface area contributed by atoms with Gasteiger partial charge in [-0.3, -0.25) is 4.79 Å². The van der Waals surface area contributed by atoms with Gasteiger partial charge in [0.2, 0.25) is 0 Å². The second-order valence-corrected chi connectivity index (χ2v) is 7.31. The second kappa shape index (κ2) is 7.55. The summed E-state index contributed by atoms with van der Waals surface area (Å²) in [5.74, 6) is -0.259. The van der Waals surface area contributed by atoms with E-state index < -0.39 is 12.1 Å². The summed E-state index contributed by atoms with van der Waals surface area (Å²) in [5, 5.41) is 14.8. The van der Waals surface area contributed by atoms with Gasteiger partial charge in [0.15, 0.2) is 0 Å². The van der Waals surface area contributed by atoms with Gasteiger partial charge in [0.25, 0.3) is 5.91 Å². The van der Waals surface area contributed by atoms with Gasteiger partial charge in [-0.1, -0.05) is 66.2 Å². The molecule has 1 aliphatic carbocycles. The van der Waals surface area contributed by atoms with Gasteiger partial charge >= 0.3 is 0 Å². The van der Waals surface area contributed by atoms with E-state index >= 15 is 0 Å². The lowest BCUT2D eigenvalue weighted by molar-refractivity contribution is 0.0813. The molecule has 0 saturated heterocycles. The van der Waals surface area contributed by atoms with E-state index in [-0.39, 0.29) is 11.8 Å². The van der Waals surface area contributed by atoms with Crippen LogP contribution < -0.4 is 5.32 Å². The quantitative estimate of drug-likeness (QED) is 0.702. The van der Waals surface area contributed by atoms with E-state index in [2.05, 4.69) is 5.32 Å². The maximum absolute atomic E-state index is 12.6. The monoisotopic (exact) mass is 377 g/mol. The fourth-order valence-corrected chi connectivity index (χ4v) is 3.94. The molecule has 0 fully saturated rings. The fraction of sp³-hybridized carbons (Fsp3) is 0.174. The third-order valence-corrected chi connectivity index (χ3v) is 5.43. The lowest BCUT2D eigenvalue weighted by atomic mass is 9.92. The molecule has 4 heteroatoms. The Kier molecular flexibility index (Phi) is 4.97. The zero-order valence-electron chi connectivity index (χ0n) is 14.7. The van der Waals surface area contributed by atoms with Crippen molar-refractivity contribution in [1.82, 2.24) is 5.32 Å². The number of hydrogen-bond acceptors (Lipinski definition) is 2. The van der Waals surface area contributed by atoms with Crippen LogP contribution in [-0.4, -0.2) is 17.1 Å². The van der Waals surface area contributed by atoms with Crippen molar-refractivity contribution >= 4 is 17.5 Å². The summed E-state index contributed by atoms with van der Waals surface area (Å²) in [5.41, 5.74) is 3.75. The van der Waals surface area contributed by atoms with Crippen LogP contribution in [0, 0.1) is 0 Å². The Bertz CT molecular complexity index is 940. The van der Waals surface area contributed by atoms with Crippen LogP contribution in [-0.2, 0) is 6.42 Å². The highest BCUT2D eigenvalue weighted by Gasteiger charge is 2.40. The van der Waals surface area contributed by atoms with Crippen LogP contribution in [0.15, 0.2) is 78.9 Å². The van der Waals surface area contributed by atoms with Crippen LogP contribution in [0.5, 0.6) is 0 Å². The predicted octanol–water partition coefficient (Wildman–Crippen LogP) is 4.51. The summed E-state index contributed by atoms with van der Waals surface area (Å²) in [6.45, 7) is 0. The van der Waals surface area contributed by atoms with E-state index in [0.29, 0.717) is 17.0 Å². The summed E-state index contributed by atoms with van der Waals surface area (Å²) in [6.07, 6.45) is -0.00157. The van der Waals surface area contributed by atoms with Gasteiger partial charge in [-0.2, -0.15) is 0 Å². The van der Waals surface area contributed by atoms with Gasteiger partial charge in [-0.25, -0.2) is 0 Å². The molecule has 1 aliphatic rings. The first-order chi connectivity index (χ1) is 13.1. The molecule has 1 amide bonds. The Morgan fingerprint density at radius 3 is 2.22 bits per heavy atom. The van der Waals surface area contributed by atoms with Crippen LogP contribution in [0.3, 0.4) is 0 Å². The molecule has 0 bridgehead atoms. The SMILES string of the molecule is O=C(N[C@@H]1c2ccccc2[C@H](Cc2ccc(Cl)cc2)C1O)c1ccccc1. The summed E-state index contributed by atoms with van der Waals surface area (Å²) in [7, 11) is 0. The minimum atomic E-state index is -0.689. The third-order valence-electron chi connectivity index (χ3n) is 5.18. The first-order valence-corrected chi connectivity index (χ1v) is 9.38. The molecule has 0 saturated carbocycles. The topological polar surface area (TPSA) is 49.3 Å². The molecule has 3 aromatic carbocycles. The highest BCUT2D eigenvalue weighted by molar-refractivity contribution is 6.30. The summed E-state index contributed by atoms with van der Waals surface area (Å²) < 4.78 is 0. The van der Waals surface area contributed by atoms with Gasteiger partial charge in [0.05, 0.1) is 12.1 Å². The molecule has 0 radical (unpaired) electrons. The van der Waals surface area contributed by atoms with Crippen molar-refractivity contribution in [3.8, 4) is 0 Å². The van der Waals surface area contributed by atoms with Gasteiger partial charge in [-0.05, 0) is 47.4 Å². The Labute approximate surface area is 163 Å². The van der Waals surface area contributed by atoms with E-state index in [9.17, 15) is 9.90 Å². The molecule has 0 spiro atoms. The van der Waals surface area contributed by atoms with Crippen molar-refractivity contribution in [2.24, 2.45) is 0 Å². The van der Waals surface area contributed by atoms with Gasteiger partial charge in [0.1, 0.15) is 0 Å². The maximum Gasteiger partial charge on any atom is 0.251 e. The fourth-order valence-electron chi connectivity index (χ4n) is 3.81. The zero-order chi connectivity index (χ0) is 18.8. The number of amides is 1. The first kappa shape index (κ1) is 17.8. The number of carbonyl (C=O) groups excluding carboxylic acids is 1. The normalized spacial score (nSPS) is 20.9. The molecular formula is C23H20ClNO2. The maximum atomic E-state index is 12.6. The molecule has 136 valence electrons. The van der Waals surface area contributed by atoms with E-state index in [0.717, 1.165) is 16.7 Å². The number of carbonyl (C=O) groups is 1. The summed E-state index contributed by atoms with van der Waals surface area (Å²) in [4.78, 5) is 12.6. The number of aliphatic hydroxyl groups excluding tert-OH is 1. The molecule has 4 rings (SSSR count). The average Bonchev–Trinajstić information content (AvgIpc) is 2.96. The van der Waals surface area contributed by atoms with Gasteiger partial charge in [0, 0.05) is 16.5 Å². The average molecular weight is 378 g/mol. The molecule has 27 heavy (non-hydrogen) atoms. The number of rotatable bonds is 4. The lowest BCUT2D eigenvalue weighted by Gasteiger charge is -2.22. The van der Waals surface area contributed by atoms with E-state index in [1.807, 2.05) is 66.7 Å². The van der Waals surface area contributed by atoms with Crippen LogP contribution in [0.2, 0.25) is 5.02 Å². The molecule has 0 aromatic heterocycles. The van der Waals surface area contributed by atoms with Crippen molar-refractivity contribution in [2.45, 2.75) is 24.5 Å². The molecule has 1 unspecified atom stereocenters. The zero-order valence-corrected chi connectivity index (χ0v) is 15.4. The van der Waals surface area contributed by atoms with Crippen molar-refractivity contribution in [3.05, 3.63) is 106 Å². The number of aliphatic hydroxyl groups is 1. The van der Waals surface area contributed by atoms with Crippen molar-refractivity contribution in [2.75, 3.05) is 0 Å². The minimum Gasteiger partial charge on any atom is -0.390 e. The number of nitrogens with one attached hydrogen (secondary N) is 1. The largest absolute Gasteiger partial charge is 0.390 e. The molecule has 2 N–H and O–H groups in total. The third kappa shape index (κ3) is 3.61. The molecule has 3 aromatic rings. The highest BCUT2D eigenvalue weighted by atomic mass is 35.5. The Morgan fingerprint density at radius 2 is 1.52 bits per heavy atom. The van der Waals surface area contributed by atoms with Crippen LogP contribution in [0.1, 0.15) is 39.0 Å². The standard InChI is InChI=1S/C23H20ClNO2/c24-17-12-10-15(11-13-17)14-20-18-8-4-5-9-19(18)21(22(20)26)25-23(27)16-6-2-1-3-7-16/h1-13,20-22,26H,14H2,(H,25,27)/t20-,21+,22?/m0/s1. The van der Waals surface area contributed by atoms with E-state index in [4.69, 9.17) is 11.6 Å².